The van der Waals surface area contributed by atoms with E-state index < -0.39 is 46.7 Å². The van der Waals surface area contributed by atoms with E-state index in [1.165, 1.54) is 0 Å². The molecule has 8 nitrogen and oxygen atoms in total. The van der Waals surface area contributed by atoms with Crippen LogP contribution in [0.4, 0.5) is 19.0 Å². The highest BCUT2D eigenvalue weighted by Crippen LogP contribution is 2.33. The number of alkyl halides is 3. The largest absolute Gasteiger partial charge is 0.573 e. The van der Waals surface area contributed by atoms with Crippen LogP contribution in [-0.2, 0) is 11.2 Å². The third-order valence-electron chi connectivity index (χ3n) is 1.74. The summed E-state index contributed by atoms with van der Waals surface area (Å²) >= 11 is 0. The number of aromatic nitrogens is 1. The number of hydrogen-bond donors (Lipinski definition) is 2. The van der Waals surface area contributed by atoms with Crippen molar-refractivity contribution in [3.63, 3.8) is 0 Å². The van der Waals surface area contributed by atoms with E-state index >= 15 is 0 Å². The van der Waals surface area contributed by atoms with Crippen molar-refractivity contribution in [1.29, 1.82) is 0 Å². The van der Waals surface area contributed by atoms with Gasteiger partial charge in [-0.25, -0.2) is 0 Å². The number of ether oxygens (including phenoxy) is 1. The summed E-state index contributed by atoms with van der Waals surface area (Å²) in [5.41, 5.74) is -0.825. The maximum atomic E-state index is 12.0. The Hall–Kier alpha value is -2.59. The van der Waals surface area contributed by atoms with Gasteiger partial charge in [0.25, 0.3) is 0 Å². The molecule has 11 heteroatoms. The van der Waals surface area contributed by atoms with E-state index in [4.69, 9.17) is 10.2 Å². The summed E-state index contributed by atoms with van der Waals surface area (Å²) < 4.78 is 39.6. The van der Waals surface area contributed by atoms with Gasteiger partial charge in [-0.2, -0.15) is 0 Å². The summed E-state index contributed by atoms with van der Waals surface area (Å²) in [5, 5.41) is 28.0. The highest BCUT2D eigenvalue weighted by Gasteiger charge is 2.35. The van der Waals surface area contributed by atoms with Crippen molar-refractivity contribution in [2.45, 2.75) is 12.8 Å². The number of pyridine rings is 1. The van der Waals surface area contributed by atoms with Crippen molar-refractivity contribution < 1.29 is 37.8 Å². The fourth-order valence-electron chi connectivity index (χ4n) is 1.13. The number of aromatic hydroxyl groups is 1. The average molecular weight is 282 g/mol. The fraction of sp³-hybridized carbons (Fsp3) is 0.250. The standard InChI is InChI=1S/C8H5F3N2O6/c9-8(10,11)19-5-2-4(14)7(13(17)18)12-3(5)1-6(15)16/h2,14H,1H2,(H,15,16). The number of nitro groups is 1. The minimum absolute atomic E-state index is 0.289. The molecule has 0 aliphatic heterocycles. The molecule has 0 aromatic carbocycles. The molecule has 0 unspecified atom stereocenters. The van der Waals surface area contributed by atoms with Crippen molar-refractivity contribution in [1.82, 2.24) is 4.98 Å². The lowest BCUT2D eigenvalue weighted by atomic mass is 10.2. The normalized spacial score (nSPS) is 11.1. The molecule has 2 N–H and O–H groups in total. The maximum Gasteiger partial charge on any atom is 0.573 e. The summed E-state index contributed by atoms with van der Waals surface area (Å²) in [6, 6.07) is 0.289. The number of carboxylic acids is 1. The van der Waals surface area contributed by atoms with E-state index in [0.29, 0.717) is 0 Å². The molecule has 0 saturated heterocycles. The Kier molecular flexibility index (Phi) is 3.77. The predicted molar refractivity (Wildman–Crippen MR) is 50.6 cm³/mol. The van der Waals surface area contributed by atoms with Gasteiger partial charge in [0.15, 0.2) is 5.75 Å². The number of carboxylic acid groups (broad SMARTS) is 1. The Morgan fingerprint density at radius 1 is 1.53 bits per heavy atom. The van der Waals surface area contributed by atoms with E-state index in [9.17, 15) is 28.1 Å². The van der Waals surface area contributed by atoms with E-state index in [1.807, 2.05) is 0 Å². The molecular weight excluding hydrogens is 277 g/mol. The number of nitrogens with zero attached hydrogens (tertiary/aromatic N) is 2. The minimum Gasteiger partial charge on any atom is -0.501 e. The molecule has 0 bridgehead atoms. The fourth-order valence-corrected chi connectivity index (χ4v) is 1.13. The van der Waals surface area contributed by atoms with E-state index in [2.05, 4.69) is 9.72 Å². The van der Waals surface area contributed by atoms with E-state index in [-0.39, 0.29) is 6.07 Å². The Balaban J connectivity index is 3.31. The van der Waals surface area contributed by atoms with Crippen molar-refractivity contribution in [2.75, 3.05) is 0 Å². The summed E-state index contributed by atoms with van der Waals surface area (Å²) in [6.07, 6.45) is -6.19. The zero-order chi connectivity index (χ0) is 14.8. The lowest BCUT2D eigenvalue weighted by Crippen LogP contribution is -2.19. The smallest absolute Gasteiger partial charge is 0.501 e. The lowest BCUT2D eigenvalue weighted by Gasteiger charge is -2.10. The van der Waals surface area contributed by atoms with Crippen molar-refractivity contribution in [2.24, 2.45) is 0 Å². The number of carbonyl (C=O) groups is 1. The Labute approximate surface area is 102 Å². The Morgan fingerprint density at radius 3 is 2.53 bits per heavy atom. The molecular formula is C8H5F3N2O6. The SMILES string of the molecule is O=C(O)Cc1nc([N+](=O)[O-])c(O)cc1OC(F)(F)F. The first-order valence-corrected chi connectivity index (χ1v) is 4.45. The zero-order valence-corrected chi connectivity index (χ0v) is 8.84. The van der Waals surface area contributed by atoms with Crippen molar-refractivity contribution >= 4 is 11.8 Å². The van der Waals surface area contributed by atoms with Crippen molar-refractivity contribution in [3.8, 4) is 11.5 Å². The van der Waals surface area contributed by atoms with Crippen LogP contribution < -0.4 is 4.74 Å². The Bertz CT molecular complexity index is 530. The summed E-state index contributed by atoms with van der Waals surface area (Å²) in [7, 11) is 0. The van der Waals surface area contributed by atoms with Gasteiger partial charge >= 0.3 is 18.1 Å². The molecule has 0 aliphatic rings. The van der Waals surface area contributed by atoms with Crippen molar-refractivity contribution in [3.05, 3.63) is 21.9 Å². The highest BCUT2D eigenvalue weighted by molar-refractivity contribution is 5.71. The summed E-state index contributed by atoms with van der Waals surface area (Å²) in [4.78, 5) is 22.7. The van der Waals surface area contributed by atoms with Gasteiger partial charge in [-0.05, 0) is 9.91 Å². The van der Waals surface area contributed by atoms with Crippen LogP contribution in [0.2, 0.25) is 0 Å². The third-order valence-corrected chi connectivity index (χ3v) is 1.74. The van der Waals surface area contributed by atoms with Crippen LogP contribution in [0.25, 0.3) is 0 Å². The first kappa shape index (κ1) is 14.5. The van der Waals surface area contributed by atoms with Gasteiger partial charge < -0.3 is 25.1 Å². The first-order valence-electron chi connectivity index (χ1n) is 4.45. The second-order valence-electron chi connectivity index (χ2n) is 3.15. The monoisotopic (exact) mass is 282 g/mol. The molecule has 0 atom stereocenters. The molecule has 0 spiro atoms. The Morgan fingerprint density at radius 2 is 2.11 bits per heavy atom. The van der Waals surface area contributed by atoms with Gasteiger partial charge in [0.2, 0.25) is 11.4 Å². The third kappa shape index (κ3) is 3.97. The molecule has 104 valence electrons. The van der Waals surface area contributed by atoms with Crippen LogP contribution in [0, 0.1) is 10.1 Å². The molecule has 19 heavy (non-hydrogen) atoms. The number of halogens is 3. The van der Waals surface area contributed by atoms with Crippen LogP contribution in [0.5, 0.6) is 11.5 Å². The summed E-state index contributed by atoms with van der Waals surface area (Å²) in [5.74, 6) is -5.01. The van der Waals surface area contributed by atoms with E-state index in [0.717, 1.165) is 0 Å². The zero-order valence-electron chi connectivity index (χ0n) is 8.84. The van der Waals surface area contributed by atoms with Gasteiger partial charge in [0.1, 0.15) is 6.42 Å². The van der Waals surface area contributed by atoms with Crippen LogP contribution in [0.15, 0.2) is 6.07 Å². The number of hydrogen-bond acceptors (Lipinski definition) is 6. The number of aliphatic carboxylic acids is 1. The summed E-state index contributed by atoms with van der Waals surface area (Å²) in [6.45, 7) is 0. The predicted octanol–water partition coefficient (Wildman–Crippen LogP) is 1.22. The van der Waals surface area contributed by atoms with Gasteiger partial charge in [-0.15, -0.1) is 13.2 Å². The number of rotatable bonds is 4. The molecule has 0 radical (unpaired) electrons. The topological polar surface area (TPSA) is 123 Å². The second kappa shape index (κ2) is 4.96. The molecule has 0 aliphatic carbocycles. The van der Waals surface area contributed by atoms with Gasteiger partial charge in [-0.3, -0.25) is 4.79 Å². The lowest BCUT2D eigenvalue weighted by molar-refractivity contribution is -0.390. The maximum absolute atomic E-state index is 12.0. The first-order chi connectivity index (χ1) is 8.60. The van der Waals surface area contributed by atoms with Gasteiger partial charge in [0.05, 0.1) is 0 Å². The van der Waals surface area contributed by atoms with E-state index in [1.54, 1.807) is 0 Å². The molecule has 0 fully saturated rings. The van der Waals surface area contributed by atoms with Crippen LogP contribution >= 0.6 is 0 Å². The molecule has 1 aromatic rings. The highest BCUT2D eigenvalue weighted by atomic mass is 19.4. The average Bonchev–Trinajstić information content (AvgIpc) is 2.18. The van der Waals surface area contributed by atoms with Crippen LogP contribution in [-0.4, -0.2) is 32.5 Å². The second-order valence-corrected chi connectivity index (χ2v) is 3.15. The molecule has 0 saturated carbocycles. The van der Waals surface area contributed by atoms with Gasteiger partial charge in [-0.1, -0.05) is 0 Å². The minimum atomic E-state index is -5.16. The molecule has 1 aromatic heterocycles. The molecule has 1 heterocycles. The molecule has 1 rings (SSSR count). The van der Waals surface area contributed by atoms with Crippen LogP contribution in [0.1, 0.15) is 5.69 Å². The quantitative estimate of drug-likeness (QED) is 0.628. The van der Waals surface area contributed by atoms with Crippen LogP contribution in [0.3, 0.4) is 0 Å². The molecule has 0 amide bonds. The van der Waals surface area contributed by atoms with Gasteiger partial charge in [0, 0.05) is 6.07 Å².